The van der Waals surface area contributed by atoms with E-state index in [1.807, 2.05) is 75.4 Å². The number of thiol groups is 1. The molecule has 2 unspecified atom stereocenters. The van der Waals surface area contributed by atoms with E-state index in [-0.39, 0.29) is 61.7 Å². The monoisotopic (exact) mass is 995 g/mol. The number of benzene rings is 5. The van der Waals surface area contributed by atoms with Gasteiger partial charge in [-0.3, -0.25) is 23.1 Å². The molecule has 0 aromatic heterocycles. The smallest absolute Gasteiger partial charge is 0.272 e. The van der Waals surface area contributed by atoms with Gasteiger partial charge >= 0.3 is 0 Å². The van der Waals surface area contributed by atoms with Gasteiger partial charge in [0, 0.05) is 51.3 Å². The largest absolute Gasteiger partial charge is 0.493 e. The maximum atomic E-state index is 14.4. The zero-order chi connectivity index (χ0) is 49.2. The van der Waals surface area contributed by atoms with E-state index in [2.05, 4.69) is 17.9 Å². The first kappa shape index (κ1) is 48.1. The van der Waals surface area contributed by atoms with E-state index in [0.717, 1.165) is 18.2 Å². The maximum Gasteiger partial charge on any atom is 0.272 e. The number of ether oxygens (including phenoxy) is 3. The number of anilines is 3. The third-order valence-electron chi connectivity index (χ3n) is 13.3. The van der Waals surface area contributed by atoms with Gasteiger partial charge in [0.25, 0.3) is 32.1 Å². The standard InChI is InChI=1S/C51H53N3O12S3/c1-29-14-38-35(23-47(69(61,62)64-5)43-20-33-11-7-9-13-41(33)54(43)49(38)56)21-44(29)65-26-30-15-31(17-37(16-30)52-48(55)25-51(2,3)67)27-66-46-22-34-18-36(28-68(58,59)60)42-19-32-10-6-8-12-40(32)53(42)50(57)39(34)24-45(46)63-4/h6-17,21-22,24,36,42-43,47,67H,18-20,23,25-28H2,1-5H3,(H,52,55)(H,58,59,60)/t36?,42-,43-,47?/m0/s1. The molecule has 3 amide bonds. The van der Waals surface area contributed by atoms with Crippen LogP contribution >= 0.6 is 12.6 Å². The molecule has 5 aromatic rings. The topological polar surface area (TPSA) is 195 Å². The van der Waals surface area contributed by atoms with Gasteiger partial charge in [0.1, 0.15) is 24.2 Å². The molecular weight excluding hydrogens is 943 g/mol. The van der Waals surface area contributed by atoms with Crippen molar-refractivity contribution in [2.24, 2.45) is 5.92 Å². The Labute approximate surface area is 407 Å². The van der Waals surface area contributed by atoms with Gasteiger partial charge in [-0.1, -0.05) is 50.2 Å². The first-order valence-corrected chi connectivity index (χ1v) is 26.1. The molecule has 9 rings (SSSR count). The third kappa shape index (κ3) is 9.82. The molecule has 0 spiro atoms. The lowest BCUT2D eigenvalue weighted by molar-refractivity contribution is -0.116. The van der Waals surface area contributed by atoms with Crippen molar-refractivity contribution < 1.29 is 54.2 Å². The summed E-state index contributed by atoms with van der Waals surface area (Å²) in [6.07, 6.45) is 1.09. The lowest BCUT2D eigenvalue weighted by Crippen LogP contribution is -2.47. The van der Waals surface area contributed by atoms with E-state index in [1.54, 1.807) is 46.2 Å². The summed E-state index contributed by atoms with van der Waals surface area (Å²) < 4.78 is 84.9. The Morgan fingerprint density at radius 1 is 0.725 bits per heavy atom. The van der Waals surface area contributed by atoms with Crippen molar-refractivity contribution in [1.29, 1.82) is 0 Å². The van der Waals surface area contributed by atoms with Crippen LogP contribution in [0, 0.1) is 12.8 Å². The number of aryl methyl sites for hydroxylation is 1. The number of hydrogen-bond donors (Lipinski definition) is 3. The van der Waals surface area contributed by atoms with E-state index in [0.29, 0.717) is 74.6 Å². The molecule has 2 N–H and O–H groups in total. The second-order valence-electron chi connectivity index (χ2n) is 18.9. The van der Waals surface area contributed by atoms with E-state index < -0.39 is 54.0 Å². The maximum absolute atomic E-state index is 14.4. The first-order valence-electron chi connectivity index (χ1n) is 22.5. The first-order chi connectivity index (χ1) is 32.7. The molecule has 4 atom stereocenters. The molecule has 0 saturated heterocycles. The second-order valence-corrected chi connectivity index (χ2v) is 23.5. The second kappa shape index (κ2) is 18.4. The fourth-order valence-electron chi connectivity index (χ4n) is 10.3. The van der Waals surface area contributed by atoms with Crippen LogP contribution in [-0.4, -0.2) is 81.2 Å². The van der Waals surface area contributed by atoms with Crippen molar-refractivity contribution in [2.45, 2.75) is 88.2 Å². The summed E-state index contributed by atoms with van der Waals surface area (Å²) in [5, 5.41) is 1.92. The Bertz CT molecular complexity index is 3130. The minimum Gasteiger partial charge on any atom is -0.493 e. The quantitative estimate of drug-likeness (QED) is 0.0572. The van der Waals surface area contributed by atoms with Crippen LogP contribution in [0.15, 0.2) is 91.0 Å². The predicted octanol–water partition coefficient (Wildman–Crippen LogP) is 7.30. The molecule has 15 nitrogen and oxygen atoms in total. The van der Waals surface area contributed by atoms with Crippen molar-refractivity contribution in [3.63, 3.8) is 0 Å². The summed E-state index contributed by atoms with van der Waals surface area (Å²) in [6.45, 7) is 5.45. The minimum atomic E-state index is -4.42. The average molecular weight is 996 g/mol. The van der Waals surface area contributed by atoms with Crippen molar-refractivity contribution >= 4 is 67.6 Å². The number of carbonyl (C=O) groups excluding carboxylic acids is 3. The number of nitrogens with zero attached hydrogens (tertiary/aromatic N) is 2. The molecule has 0 bridgehead atoms. The summed E-state index contributed by atoms with van der Waals surface area (Å²) in [5.74, 6) is -1.08. The number of carbonyl (C=O) groups is 3. The van der Waals surface area contributed by atoms with Crippen LogP contribution in [0.5, 0.6) is 17.2 Å². The highest BCUT2D eigenvalue weighted by molar-refractivity contribution is 7.87. The molecule has 0 aliphatic carbocycles. The zero-order valence-electron chi connectivity index (χ0n) is 38.7. The van der Waals surface area contributed by atoms with Crippen LogP contribution in [-0.2, 0) is 68.1 Å². The van der Waals surface area contributed by atoms with E-state index >= 15 is 0 Å². The lowest BCUT2D eigenvalue weighted by Gasteiger charge is -2.28. The van der Waals surface area contributed by atoms with Crippen molar-refractivity contribution in [3.8, 4) is 17.2 Å². The van der Waals surface area contributed by atoms with E-state index in [1.165, 1.54) is 7.11 Å². The number of amides is 3. The van der Waals surface area contributed by atoms with Gasteiger partial charge in [-0.15, -0.1) is 0 Å². The molecule has 362 valence electrons. The summed E-state index contributed by atoms with van der Waals surface area (Å²) >= 11 is 4.54. The number of fused-ring (bicyclic) bond motifs is 8. The number of methoxy groups -OCH3 is 1. The fourth-order valence-corrected chi connectivity index (χ4v) is 12.6. The summed E-state index contributed by atoms with van der Waals surface area (Å²) in [7, 11) is -5.92. The molecule has 0 saturated carbocycles. The molecular formula is C51H53N3O12S3. The highest BCUT2D eigenvalue weighted by Crippen LogP contribution is 2.44. The van der Waals surface area contributed by atoms with Crippen LogP contribution in [0.3, 0.4) is 0 Å². The average Bonchev–Trinajstić information content (AvgIpc) is 3.81. The number of rotatable bonds is 14. The Morgan fingerprint density at radius 2 is 1.28 bits per heavy atom. The number of para-hydroxylation sites is 2. The normalized spacial score (nSPS) is 19.6. The van der Waals surface area contributed by atoms with Crippen molar-refractivity contribution in [2.75, 3.05) is 35.1 Å². The predicted molar refractivity (Wildman–Crippen MR) is 264 cm³/mol. The fraction of sp³-hybridized carbons (Fsp3) is 0.353. The molecule has 5 aromatic carbocycles. The number of nitrogens with one attached hydrogen (secondary N) is 1. The number of hydrogen-bond acceptors (Lipinski definition) is 12. The Balaban J connectivity index is 1.01. The zero-order valence-corrected chi connectivity index (χ0v) is 41.3. The molecule has 18 heteroatoms. The molecule has 4 aliphatic heterocycles. The Morgan fingerprint density at radius 3 is 1.87 bits per heavy atom. The van der Waals surface area contributed by atoms with Crippen molar-refractivity contribution in [3.05, 3.63) is 141 Å². The SMILES string of the molecule is COc1cc2c(cc1OCc1cc(COc3cc4c(cc3C)C(=O)N3c5ccccc5C[C@H]3C(S(=O)(=O)OC)C4)cc(NC(=O)CC(C)(C)S)c1)CC(CS(=O)(=O)O)[C@@H]1Cc3ccccc3N1C2=O. The molecule has 0 radical (unpaired) electrons. The van der Waals surface area contributed by atoms with Gasteiger partial charge in [0.05, 0.1) is 26.0 Å². The van der Waals surface area contributed by atoms with Crippen LogP contribution < -0.4 is 29.3 Å². The molecule has 69 heavy (non-hydrogen) atoms. The van der Waals surface area contributed by atoms with Crippen LogP contribution in [0.4, 0.5) is 17.1 Å². The minimum absolute atomic E-state index is 0.00446. The highest BCUT2D eigenvalue weighted by Gasteiger charge is 2.48. The Hall–Kier alpha value is -5.92. The molecule has 0 fully saturated rings. The van der Waals surface area contributed by atoms with Crippen LogP contribution in [0.1, 0.15) is 79.9 Å². The van der Waals surface area contributed by atoms with Crippen LogP contribution in [0.2, 0.25) is 0 Å². The molecule has 4 aliphatic rings. The molecule has 4 heterocycles. The Kier molecular flexibility index (Phi) is 12.9. The van der Waals surface area contributed by atoms with Crippen LogP contribution in [0.25, 0.3) is 0 Å². The van der Waals surface area contributed by atoms with Gasteiger partial charge in [-0.2, -0.15) is 29.5 Å². The van der Waals surface area contributed by atoms with Gasteiger partial charge in [0.15, 0.2) is 11.5 Å². The van der Waals surface area contributed by atoms with E-state index in [9.17, 15) is 35.8 Å². The van der Waals surface area contributed by atoms with Gasteiger partial charge in [-0.05, 0) is 126 Å². The highest BCUT2D eigenvalue weighted by atomic mass is 32.2. The van der Waals surface area contributed by atoms with Crippen molar-refractivity contribution in [1.82, 2.24) is 0 Å². The summed E-state index contributed by atoms with van der Waals surface area (Å²) in [4.78, 5) is 45.1. The third-order valence-corrected chi connectivity index (χ3v) is 16.0. The summed E-state index contributed by atoms with van der Waals surface area (Å²) in [6, 6.07) is 25.8. The summed E-state index contributed by atoms with van der Waals surface area (Å²) in [5.41, 5.74) is 7.30. The van der Waals surface area contributed by atoms with E-state index in [4.69, 9.17) is 18.4 Å². The lowest BCUT2D eigenvalue weighted by atomic mass is 9.91. The van der Waals surface area contributed by atoms with Gasteiger partial charge in [0.2, 0.25) is 5.91 Å². The van der Waals surface area contributed by atoms with Gasteiger partial charge < -0.3 is 29.3 Å². The van der Waals surface area contributed by atoms with Gasteiger partial charge in [-0.25, -0.2) is 0 Å².